The summed E-state index contributed by atoms with van der Waals surface area (Å²) in [6, 6.07) is 6.24. The summed E-state index contributed by atoms with van der Waals surface area (Å²) in [5, 5.41) is 9.13. The van der Waals surface area contributed by atoms with Crippen LogP contribution < -0.4 is 4.72 Å². The molecule has 0 saturated carbocycles. The average Bonchev–Trinajstić information content (AvgIpc) is 2.25. The second-order valence-corrected chi connectivity index (χ2v) is 6.18. The van der Waals surface area contributed by atoms with Gasteiger partial charge in [-0.1, -0.05) is 26.0 Å². The molecule has 0 bridgehead atoms. The Morgan fingerprint density at radius 2 is 2.00 bits per heavy atom. The van der Waals surface area contributed by atoms with Crippen molar-refractivity contribution in [2.75, 3.05) is 6.61 Å². The van der Waals surface area contributed by atoms with E-state index in [9.17, 15) is 8.42 Å². The number of aryl methyl sites for hydroxylation is 1. The first-order valence-corrected chi connectivity index (χ1v) is 7.05. The molecule has 0 amide bonds. The smallest absolute Gasteiger partial charge is 0.240 e. The third-order valence-electron chi connectivity index (χ3n) is 2.61. The maximum Gasteiger partial charge on any atom is 0.240 e. The Labute approximate surface area is 103 Å². The topological polar surface area (TPSA) is 66.4 Å². The van der Waals surface area contributed by atoms with Crippen LogP contribution in [0.25, 0.3) is 0 Å². The number of aliphatic hydroxyl groups is 1. The molecular formula is C12H19NO3S. The molecule has 0 fully saturated rings. The van der Waals surface area contributed by atoms with Crippen LogP contribution in [-0.4, -0.2) is 26.2 Å². The van der Waals surface area contributed by atoms with Gasteiger partial charge in [0.25, 0.3) is 0 Å². The summed E-state index contributed by atoms with van der Waals surface area (Å²) >= 11 is 0. The maximum atomic E-state index is 12.0. The van der Waals surface area contributed by atoms with Crippen molar-refractivity contribution >= 4 is 10.0 Å². The molecule has 4 nitrogen and oxygen atoms in total. The van der Waals surface area contributed by atoms with E-state index in [-0.39, 0.29) is 17.4 Å². The molecule has 1 aromatic carbocycles. The fourth-order valence-corrected chi connectivity index (χ4v) is 2.91. The number of benzene rings is 1. The Balaban J connectivity index is 2.96. The normalized spacial score (nSPS) is 13.9. The molecule has 0 aromatic heterocycles. The van der Waals surface area contributed by atoms with Crippen LogP contribution in [0.5, 0.6) is 0 Å². The van der Waals surface area contributed by atoms with Crippen molar-refractivity contribution in [3.05, 3.63) is 29.8 Å². The van der Waals surface area contributed by atoms with Crippen LogP contribution in [0, 0.1) is 12.8 Å². The summed E-state index contributed by atoms with van der Waals surface area (Å²) < 4.78 is 26.6. The number of rotatable bonds is 5. The molecular weight excluding hydrogens is 238 g/mol. The molecule has 1 unspecified atom stereocenters. The third kappa shape index (κ3) is 3.80. The van der Waals surface area contributed by atoms with Gasteiger partial charge in [0.1, 0.15) is 0 Å². The second-order valence-electron chi connectivity index (χ2n) is 4.47. The Kier molecular flexibility index (Phi) is 4.68. The highest BCUT2D eigenvalue weighted by atomic mass is 32.2. The molecule has 0 heterocycles. The first-order chi connectivity index (χ1) is 7.86. The number of sulfonamides is 1. The first kappa shape index (κ1) is 14.2. The zero-order valence-corrected chi connectivity index (χ0v) is 11.2. The lowest BCUT2D eigenvalue weighted by Gasteiger charge is -2.19. The predicted molar refractivity (Wildman–Crippen MR) is 67.2 cm³/mol. The van der Waals surface area contributed by atoms with Crippen molar-refractivity contribution in [2.24, 2.45) is 5.92 Å². The van der Waals surface area contributed by atoms with Gasteiger partial charge >= 0.3 is 0 Å². The summed E-state index contributed by atoms with van der Waals surface area (Å²) in [6.45, 7) is 5.35. The zero-order chi connectivity index (χ0) is 13.1. The fourth-order valence-electron chi connectivity index (χ4n) is 1.43. The molecule has 0 radical (unpaired) electrons. The molecule has 0 spiro atoms. The first-order valence-electron chi connectivity index (χ1n) is 5.56. The Morgan fingerprint density at radius 3 is 2.47 bits per heavy atom. The molecule has 96 valence electrons. The molecule has 5 heteroatoms. The molecule has 1 aromatic rings. The van der Waals surface area contributed by atoms with Gasteiger partial charge in [-0.25, -0.2) is 13.1 Å². The lowest BCUT2D eigenvalue weighted by Crippen LogP contribution is -2.41. The molecule has 1 atom stereocenters. The number of hydrogen-bond acceptors (Lipinski definition) is 3. The van der Waals surface area contributed by atoms with Gasteiger partial charge in [0, 0.05) is 6.04 Å². The lowest BCUT2D eigenvalue weighted by molar-refractivity contribution is 0.227. The van der Waals surface area contributed by atoms with Gasteiger partial charge in [-0.2, -0.15) is 0 Å². The molecule has 17 heavy (non-hydrogen) atoms. The van der Waals surface area contributed by atoms with Crippen LogP contribution in [0.1, 0.15) is 19.4 Å². The van der Waals surface area contributed by atoms with Crippen LogP contribution in [0.15, 0.2) is 29.2 Å². The molecule has 0 aliphatic carbocycles. The molecule has 0 saturated heterocycles. The van der Waals surface area contributed by atoms with Gasteiger partial charge in [-0.05, 0) is 30.5 Å². The van der Waals surface area contributed by atoms with E-state index in [2.05, 4.69) is 4.72 Å². The van der Waals surface area contributed by atoms with E-state index < -0.39 is 16.1 Å². The fraction of sp³-hybridized carbons (Fsp3) is 0.500. The van der Waals surface area contributed by atoms with E-state index in [4.69, 9.17) is 5.11 Å². The minimum atomic E-state index is -3.55. The van der Waals surface area contributed by atoms with Gasteiger partial charge in [0.2, 0.25) is 10.0 Å². The molecule has 0 aliphatic rings. The lowest BCUT2D eigenvalue weighted by atomic mass is 10.1. The minimum Gasteiger partial charge on any atom is -0.395 e. The minimum absolute atomic E-state index is 0.0413. The molecule has 2 N–H and O–H groups in total. The van der Waals surface area contributed by atoms with E-state index in [0.717, 1.165) is 5.56 Å². The maximum absolute atomic E-state index is 12.0. The van der Waals surface area contributed by atoms with E-state index >= 15 is 0 Å². The van der Waals surface area contributed by atoms with E-state index in [0.29, 0.717) is 0 Å². The zero-order valence-electron chi connectivity index (χ0n) is 10.3. The van der Waals surface area contributed by atoms with Gasteiger partial charge in [-0.3, -0.25) is 0 Å². The van der Waals surface area contributed by atoms with Crippen molar-refractivity contribution in [2.45, 2.75) is 31.7 Å². The van der Waals surface area contributed by atoms with E-state index in [1.54, 1.807) is 18.2 Å². The SMILES string of the molecule is Cc1cccc(S(=O)(=O)NC(CO)C(C)C)c1. The van der Waals surface area contributed by atoms with Crippen molar-refractivity contribution in [1.82, 2.24) is 4.72 Å². The van der Waals surface area contributed by atoms with Crippen molar-refractivity contribution in [1.29, 1.82) is 0 Å². The van der Waals surface area contributed by atoms with Gasteiger partial charge < -0.3 is 5.11 Å². The number of aliphatic hydroxyl groups excluding tert-OH is 1. The molecule has 0 aliphatic heterocycles. The van der Waals surface area contributed by atoms with Crippen molar-refractivity contribution in [3.63, 3.8) is 0 Å². The van der Waals surface area contributed by atoms with Crippen LogP contribution >= 0.6 is 0 Å². The standard InChI is InChI=1S/C12H19NO3S/c1-9(2)12(8-14)13-17(15,16)11-6-4-5-10(3)7-11/h4-7,9,12-14H,8H2,1-3H3. The quantitative estimate of drug-likeness (QED) is 0.835. The third-order valence-corrected chi connectivity index (χ3v) is 4.10. The summed E-state index contributed by atoms with van der Waals surface area (Å²) in [5.41, 5.74) is 0.887. The summed E-state index contributed by atoms with van der Waals surface area (Å²) in [4.78, 5) is 0.233. The van der Waals surface area contributed by atoms with Crippen molar-refractivity contribution in [3.8, 4) is 0 Å². The largest absolute Gasteiger partial charge is 0.395 e. The van der Waals surface area contributed by atoms with E-state index in [1.165, 1.54) is 0 Å². The van der Waals surface area contributed by atoms with E-state index in [1.807, 2.05) is 26.8 Å². The van der Waals surface area contributed by atoms with Crippen LogP contribution in [-0.2, 0) is 10.0 Å². The highest BCUT2D eigenvalue weighted by Crippen LogP contribution is 2.13. The Morgan fingerprint density at radius 1 is 1.35 bits per heavy atom. The number of hydrogen-bond donors (Lipinski definition) is 2. The highest BCUT2D eigenvalue weighted by Gasteiger charge is 2.21. The second kappa shape index (κ2) is 5.62. The Bertz CT molecular complexity index is 468. The van der Waals surface area contributed by atoms with Crippen LogP contribution in [0.4, 0.5) is 0 Å². The predicted octanol–water partition coefficient (Wildman–Crippen LogP) is 1.29. The van der Waals surface area contributed by atoms with Crippen LogP contribution in [0.2, 0.25) is 0 Å². The Hall–Kier alpha value is -0.910. The number of nitrogens with one attached hydrogen (secondary N) is 1. The van der Waals surface area contributed by atoms with Crippen molar-refractivity contribution < 1.29 is 13.5 Å². The average molecular weight is 257 g/mol. The van der Waals surface area contributed by atoms with Gasteiger partial charge in [-0.15, -0.1) is 0 Å². The summed E-state index contributed by atoms with van der Waals surface area (Å²) in [6.07, 6.45) is 0. The highest BCUT2D eigenvalue weighted by molar-refractivity contribution is 7.89. The summed E-state index contributed by atoms with van der Waals surface area (Å²) in [7, 11) is -3.55. The summed E-state index contributed by atoms with van der Waals surface area (Å²) in [5.74, 6) is 0.0413. The monoisotopic (exact) mass is 257 g/mol. The van der Waals surface area contributed by atoms with Gasteiger partial charge in [0.05, 0.1) is 11.5 Å². The van der Waals surface area contributed by atoms with Crippen LogP contribution in [0.3, 0.4) is 0 Å². The van der Waals surface area contributed by atoms with Gasteiger partial charge in [0.15, 0.2) is 0 Å². The molecule has 1 rings (SSSR count).